The molecule has 0 bridgehead atoms. The van der Waals surface area contributed by atoms with Gasteiger partial charge in [0, 0.05) is 61.4 Å². The number of amides is 2. The number of carbonyl (C=O) groups is 2. The van der Waals surface area contributed by atoms with Crippen molar-refractivity contribution in [3.05, 3.63) is 46.9 Å². The first-order chi connectivity index (χ1) is 14.4. The fourth-order valence-corrected chi connectivity index (χ4v) is 4.24. The first kappa shape index (κ1) is 20.6. The lowest BCUT2D eigenvalue weighted by molar-refractivity contribution is -0.137. The summed E-state index contributed by atoms with van der Waals surface area (Å²) in [7, 11) is 0. The number of ether oxygens (including phenoxy) is 1. The molecule has 1 aromatic heterocycles. The highest BCUT2D eigenvalue weighted by Crippen LogP contribution is 2.28. The maximum atomic E-state index is 13.0. The number of hydrogen-bond acceptors (Lipinski definition) is 5. The van der Waals surface area contributed by atoms with E-state index in [1.54, 1.807) is 17.0 Å². The summed E-state index contributed by atoms with van der Waals surface area (Å²) in [6.07, 6.45) is 1.76. The zero-order valence-corrected chi connectivity index (χ0v) is 17.9. The van der Waals surface area contributed by atoms with Crippen molar-refractivity contribution in [1.82, 2.24) is 14.9 Å². The number of piperidine rings is 1. The van der Waals surface area contributed by atoms with E-state index >= 15 is 0 Å². The minimum Gasteiger partial charge on any atom is -0.474 e. The molecule has 2 aromatic rings. The van der Waals surface area contributed by atoms with E-state index in [2.05, 4.69) is 9.97 Å². The summed E-state index contributed by atoms with van der Waals surface area (Å²) in [5.74, 6) is 0.992. The highest BCUT2D eigenvalue weighted by Gasteiger charge is 2.38. The molecular weight excluding hydrogens is 404 g/mol. The smallest absolute Gasteiger partial charge is 0.228 e. The second-order valence-corrected chi connectivity index (χ2v) is 8.36. The molecule has 2 fully saturated rings. The fourth-order valence-electron chi connectivity index (χ4n) is 4.11. The van der Waals surface area contributed by atoms with Gasteiger partial charge < -0.3 is 14.5 Å². The van der Waals surface area contributed by atoms with Crippen molar-refractivity contribution < 1.29 is 14.3 Å². The zero-order valence-electron chi connectivity index (χ0n) is 17.2. The van der Waals surface area contributed by atoms with Gasteiger partial charge in [-0.1, -0.05) is 11.6 Å². The standard InChI is InChI=1S/C22H25ClN4O3/c1-14-11-20(25-15(2)24-14)30-19-7-9-26(10-8-19)22(29)16-12-21(28)27(13-16)18-5-3-17(23)4-6-18/h3-6,11,16,19H,7-10,12-13H2,1-2H3. The fraction of sp³-hybridized carbons (Fsp3) is 0.455. The highest BCUT2D eigenvalue weighted by atomic mass is 35.5. The van der Waals surface area contributed by atoms with Gasteiger partial charge in [0.1, 0.15) is 11.9 Å². The van der Waals surface area contributed by atoms with Gasteiger partial charge in [0.05, 0.1) is 5.92 Å². The normalized spacial score (nSPS) is 20.0. The molecule has 1 aromatic carbocycles. The SMILES string of the molecule is Cc1cc(OC2CCN(C(=O)C3CC(=O)N(c4ccc(Cl)cc4)C3)CC2)nc(C)n1. The number of rotatable bonds is 4. The molecule has 1 atom stereocenters. The van der Waals surface area contributed by atoms with Crippen molar-refractivity contribution >= 4 is 29.1 Å². The van der Waals surface area contributed by atoms with Crippen molar-refractivity contribution in [3.63, 3.8) is 0 Å². The summed E-state index contributed by atoms with van der Waals surface area (Å²) in [4.78, 5) is 37.6. The molecule has 0 spiro atoms. The number of nitrogens with zero attached hydrogens (tertiary/aromatic N) is 4. The molecule has 3 heterocycles. The summed E-state index contributed by atoms with van der Waals surface area (Å²) in [6.45, 7) is 5.42. The summed E-state index contributed by atoms with van der Waals surface area (Å²) >= 11 is 5.93. The number of hydrogen-bond donors (Lipinski definition) is 0. The molecular formula is C22H25ClN4O3. The molecule has 0 N–H and O–H groups in total. The second-order valence-electron chi connectivity index (χ2n) is 7.92. The summed E-state index contributed by atoms with van der Waals surface area (Å²) in [5.41, 5.74) is 1.66. The monoisotopic (exact) mass is 428 g/mol. The van der Waals surface area contributed by atoms with Gasteiger partial charge >= 0.3 is 0 Å². The van der Waals surface area contributed by atoms with Gasteiger partial charge in [-0.15, -0.1) is 0 Å². The Morgan fingerprint density at radius 1 is 1.13 bits per heavy atom. The predicted octanol–water partition coefficient (Wildman–Crippen LogP) is 3.17. The minimum atomic E-state index is -0.308. The lowest BCUT2D eigenvalue weighted by Gasteiger charge is -2.33. The molecule has 8 heteroatoms. The van der Waals surface area contributed by atoms with Crippen LogP contribution in [0.2, 0.25) is 5.02 Å². The molecule has 2 aliphatic heterocycles. The minimum absolute atomic E-state index is 0.0246. The third kappa shape index (κ3) is 4.56. The van der Waals surface area contributed by atoms with Crippen LogP contribution in [-0.4, -0.2) is 52.4 Å². The van der Waals surface area contributed by atoms with E-state index in [0.717, 1.165) is 24.2 Å². The lowest BCUT2D eigenvalue weighted by atomic mass is 10.0. The van der Waals surface area contributed by atoms with Crippen LogP contribution in [0.25, 0.3) is 0 Å². The number of likely N-dealkylation sites (tertiary alicyclic amines) is 1. The number of halogens is 1. The Morgan fingerprint density at radius 3 is 2.50 bits per heavy atom. The van der Waals surface area contributed by atoms with Crippen LogP contribution >= 0.6 is 11.6 Å². The molecule has 2 amide bonds. The maximum Gasteiger partial charge on any atom is 0.228 e. The molecule has 0 radical (unpaired) electrons. The number of carbonyl (C=O) groups excluding carboxylic acids is 2. The van der Waals surface area contributed by atoms with Crippen molar-refractivity contribution in [1.29, 1.82) is 0 Å². The number of anilines is 1. The van der Waals surface area contributed by atoms with Crippen LogP contribution in [0.5, 0.6) is 5.88 Å². The maximum absolute atomic E-state index is 13.0. The van der Waals surface area contributed by atoms with Crippen LogP contribution < -0.4 is 9.64 Å². The Labute approximate surface area is 181 Å². The Hall–Kier alpha value is -2.67. The van der Waals surface area contributed by atoms with Crippen LogP contribution in [0, 0.1) is 19.8 Å². The third-order valence-electron chi connectivity index (χ3n) is 5.60. The van der Waals surface area contributed by atoms with Crippen LogP contribution in [0.3, 0.4) is 0 Å². The van der Waals surface area contributed by atoms with Gasteiger partial charge in [-0.05, 0) is 38.1 Å². The quantitative estimate of drug-likeness (QED) is 0.747. The number of benzene rings is 1. The first-order valence-corrected chi connectivity index (χ1v) is 10.6. The average Bonchev–Trinajstić information content (AvgIpc) is 3.09. The molecule has 2 aliphatic rings. The van der Waals surface area contributed by atoms with Crippen molar-refractivity contribution in [2.75, 3.05) is 24.5 Å². The van der Waals surface area contributed by atoms with E-state index in [0.29, 0.717) is 36.4 Å². The molecule has 158 valence electrons. The Kier molecular flexibility index (Phi) is 5.90. The molecule has 0 aliphatic carbocycles. The molecule has 1 unspecified atom stereocenters. The van der Waals surface area contributed by atoms with Crippen LogP contribution in [0.1, 0.15) is 30.8 Å². The predicted molar refractivity (Wildman–Crippen MR) is 114 cm³/mol. The highest BCUT2D eigenvalue weighted by molar-refractivity contribution is 6.30. The summed E-state index contributed by atoms with van der Waals surface area (Å²) in [5, 5.41) is 0.621. The van der Waals surface area contributed by atoms with Crippen LogP contribution in [0.15, 0.2) is 30.3 Å². The van der Waals surface area contributed by atoms with Crippen LogP contribution in [-0.2, 0) is 9.59 Å². The topological polar surface area (TPSA) is 75.6 Å². The van der Waals surface area contributed by atoms with E-state index in [4.69, 9.17) is 16.3 Å². The molecule has 7 nitrogen and oxygen atoms in total. The summed E-state index contributed by atoms with van der Waals surface area (Å²) in [6, 6.07) is 8.97. The average molecular weight is 429 g/mol. The largest absolute Gasteiger partial charge is 0.474 e. The zero-order chi connectivity index (χ0) is 21.3. The second kappa shape index (κ2) is 8.60. The third-order valence-corrected chi connectivity index (χ3v) is 5.85. The lowest BCUT2D eigenvalue weighted by Crippen LogP contribution is -2.45. The van der Waals surface area contributed by atoms with Gasteiger partial charge in [0.2, 0.25) is 17.7 Å². The molecule has 2 saturated heterocycles. The van der Waals surface area contributed by atoms with Gasteiger partial charge in [-0.2, -0.15) is 4.98 Å². The van der Waals surface area contributed by atoms with Crippen molar-refractivity contribution in [2.45, 2.75) is 39.2 Å². The van der Waals surface area contributed by atoms with E-state index in [-0.39, 0.29) is 30.3 Å². The number of aromatic nitrogens is 2. The van der Waals surface area contributed by atoms with Crippen LogP contribution in [0.4, 0.5) is 5.69 Å². The molecule has 4 rings (SSSR count). The van der Waals surface area contributed by atoms with Gasteiger partial charge in [0.15, 0.2) is 0 Å². The first-order valence-electron chi connectivity index (χ1n) is 10.2. The Bertz CT molecular complexity index is 922. The molecule has 0 saturated carbocycles. The van der Waals surface area contributed by atoms with E-state index < -0.39 is 0 Å². The van der Waals surface area contributed by atoms with E-state index in [1.165, 1.54) is 0 Å². The summed E-state index contributed by atoms with van der Waals surface area (Å²) < 4.78 is 6.01. The van der Waals surface area contributed by atoms with Gasteiger partial charge in [0.25, 0.3) is 0 Å². The van der Waals surface area contributed by atoms with E-state index in [1.807, 2.05) is 36.9 Å². The Morgan fingerprint density at radius 2 is 1.83 bits per heavy atom. The van der Waals surface area contributed by atoms with Crippen molar-refractivity contribution in [2.24, 2.45) is 5.92 Å². The Balaban J connectivity index is 1.32. The number of aryl methyl sites for hydroxylation is 2. The van der Waals surface area contributed by atoms with Gasteiger partial charge in [-0.3, -0.25) is 9.59 Å². The van der Waals surface area contributed by atoms with E-state index in [9.17, 15) is 9.59 Å². The molecule has 30 heavy (non-hydrogen) atoms. The van der Waals surface area contributed by atoms with Gasteiger partial charge in [-0.25, -0.2) is 4.98 Å². The van der Waals surface area contributed by atoms with Crippen molar-refractivity contribution in [3.8, 4) is 5.88 Å².